The second-order valence-electron chi connectivity index (χ2n) is 5.91. The minimum atomic E-state index is -0.135. The van der Waals surface area contributed by atoms with Crippen LogP contribution >= 0.6 is 0 Å². The summed E-state index contributed by atoms with van der Waals surface area (Å²) in [7, 11) is 0. The Hall–Kier alpha value is -1.95. The molecule has 22 heavy (non-hydrogen) atoms. The van der Waals surface area contributed by atoms with Gasteiger partial charge < -0.3 is 16.0 Å². The highest BCUT2D eigenvalue weighted by Gasteiger charge is 2.28. The van der Waals surface area contributed by atoms with Gasteiger partial charge in [0.1, 0.15) is 0 Å². The number of nitrogens with one attached hydrogen (secondary N) is 1. The van der Waals surface area contributed by atoms with Crippen LogP contribution in [0.2, 0.25) is 0 Å². The minimum Gasteiger partial charge on any atom is -0.355 e. The van der Waals surface area contributed by atoms with Gasteiger partial charge >= 0.3 is 0 Å². The van der Waals surface area contributed by atoms with Crippen molar-refractivity contribution in [3.63, 3.8) is 0 Å². The molecule has 0 saturated carbocycles. The van der Waals surface area contributed by atoms with Crippen LogP contribution < -0.4 is 11.1 Å². The molecule has 1 saturated heterocycles. The Bertz CT molecular complexity index is 506. The second-order valence-corrected chi connectivity index (χ2v) is 5.91. The SMILES string of the molecule is CC(CN)CNC(=O)C1CCCN(C(=O)c2ccncc2)C1. The van der Waals surface area contributed by atoms with E-state index in [1.165, 1.54) is 0 Å². The fourth-order valence-electron chi connectivity index (χ4n) is 2.56. The molecule has 120 valence electrons. The number of carbonyl (C=O) groups is 2. The molecule has 1 aromatic rings. The lowest BCUT2D eigenvalue weighted by Gasteiger charge is -2.32. The van der Waals surface area contributed by atoms with E-state index in [1.54, 1.807) is 29.4 Å². The molecule has 0 aromatic carbocycles. The topological polar surface area (TPSA) is 88.3 Å². The van der Waals surface area contributed by atoms with E-state index in [0.717, 1.165) is 12.8 Å². The summed E-state index contributed by atoms with van der Waals surface area (Å²) in [5.74, 6) is 0.120. The maximum Gasteiger partial charge on any atom is 0.253 e. The van der Waals surface area contributed by atoms with Crippen molar-refractivity contribution in [1.82, 2.24) is 15.2 Å². The number of nitrogens with zero attached hydrogens (tertiary/aromatic N) is 2. The Kier molecular flexibility index (Phi) is 5.89. The average molecular weight is 304 g/mol. The first-order chi connectivity index (χ1) is 10.6. The summed E-state index contributed by atoms with van der Waals surface area (Å²) in [4.78, 5) is 30.3. The fraction of sp³-hybridized carbons (Fsp3) is 0.562. The van der Waals surface area contributed by atoms with Crippen LogP contribution in [-0.4, -0.2) is 47.9 Å². The van der Waals surface area contributed by atoms with Gasteiger partial charge in [0.05, 0.1) is 5.92 Å². The Morgan fingerprint density at radius 1 is 1.45 bits per heavy atom. The third-order valence-electron chi connectivity index (χ3n) is 4.03. The number of hydrogen-bond donors (Lipinski definition) is 2. The highest BCUT2D eigenvalue weighted by molar-refractivity contribution is 5.94. The van der Waals surface area contributed by atoms with Crippen molar-refractivity contribution in [2.75, 3.05) is 26.2 Å². The average Bonchev–Trinajstić information content (AvgIpc) is 2.59. The van der Waals surface area contributed by atoms with E-state index < -0.39 is 0 Å². The molecule has 6 heteroatoms. The Balaban J connectivity index is 1.91. The maximum absolute atomic E-state index is 12.4. The van der Waals surface area contributed by atoms with Crippen LogP contribution in [0.25, 0.3) is 0 Å². The van der Waals surface area contributed by atoms with Crippen LogP contribution in [0.4, 0.5) is 0 Å². The van der Waals surface area contributed by atoms with Gasteiger partial charge in [-0.2, -0.15) is 0 Å². The molecule has 1 fully saturated rings. The first-order valence-corrected chi connectivity index (χ1v) is 7.79. The molecule has 2 rings (SSSR count). The summed E-state index contributed by atoms with van der Waals surface area (Å²) < 4.78 is 0. The largest absolute Gasteiger partial charge is 0.355 e. The zero-order valence-corrected chi connectivity index (χ0v) is 13.0. The summed E-state index contributed by atoms with van der Waals surface area (Å²) >= 11 is 0. The molecule has 0 radical (unpaired) electrons. The predicted octanol–water partition coefficient (Wildman–Crippen LogP) is 0.645. The van der Waals surface area contributed by atoms with E-state index in [0.29, 0.717) is 31.7 Å². The predicted molar refractivity (Wildman–Crippen MR) is 84.1 cm³/mol. The van der Waals surface area contributed by atoms with Crippen LogP contribution in [0.5, 0.6) is 0 Å². The lowest BCUT2D eigenvalue weighted by Crippen LogP contribution is -2.46. The van der Waals surface area contributed by atoms with E-state index >= 15 is 0 Å². The number of carbonyl (C=O) groups excluding carboxylic acids is 2. The molecule has 2 unspecified atom stereocenters. The van der Waals surface area contributed by atoms with Crippen LogP contribution in [0, 0.1) is 11.8 Å². The molecule has 1 aromatic heterocycles. The molecule has 2 amide bonds. The maximum atomic E-state index is 12.4. The molecule has 6 nitrogen and oxygen atoms in total. The molecule has 0 spiro atoms. The van der Waals surface area contributed by atoms with Crippen molar-refractivity contribution < 1.29 is 9.59 Å². The summed E-state index contributed by atoms with van der Waals surface area (Å²) in [6.45, 7) is 4.32. The number of hydrogen-bond acceptors (Lipinski definition) is 4. The van der Waals surface area contributed by atoms with Gasteiger partial charge in [-0.25, -0.2) is 0 Å². The molecule has 0 aliphatic carbocycles. The van der Waals surface area contributed by atoms with E-state index in [2.05, 4.69) is 10.3 Å². The number of piperidine rings is 1. The van der Waals surface area contributed by atoms with Crippen molar-refractivity contribution in [3.05, 3.63) is 30.1 Å². The van der Waals surface area contributed by atoms with E-state index in [-0.39, 0.29) is 23.7 Å². The Morgan fingerprint density at radius 3 is 2.86 bits per heavy atom. The second kappa shape index (κ2) is 7.89. The van der Waals surface area contributed by atoms with Crippen LogP contribution in [0.3, 0.4) is 0 Å². The summed E-state index contributed by atoms with van der Waals surface area (Å²) in [5.41, 5.74) is 6.17. The zero-order chi connectivity index (χ0) is 15.9. The van der Waals surface area contributed by atoms with Crippen LogP contribution in [0.15, 0.2) is 24.5 Å². The lowest BCUT2D eigenvalue weighted by atomic mass is 9.96. The van der Waals surface area contributed by atoms with Crippen LogP contribution in [-0.2, 0) is 4.79 Å². The van der Waals surface area contributed by atoms with Gasteiger partial charge in [-0.15, -0.1) is 0 Å². The molecular formula is C16H24N4O2. The first-order valence-electron chi connectivity index (χ1n) is 7.79. The monoisotopic (exact) mass is 304 g/mol. The highest BCUT2D eigenvalue weighted by atomic mass is 16.2. The van der Waals surface area contributed by atoms with E-state index in [1.807, 2.05) is 6.92 Å². The van der Waals surface area contributed by atoms with Crippen molar-refractivity contribution in [2.24, 2.45) is 17.6 Å². The number of nitrogens with two attached hydrogens (primary N) is 1. The van der Waals surface area contributed by atoms with Crippen molar-refractivity contribution in [1.29, 1.82) is 0 Å². The number of amides is 2. The number of pyridine rings is 1. The van der Waals surface area contributed by atoms with Gasteiger partial charge in [0.15, 0.2) is 0 Å². The Labute approximate surface area is 131 Å². The highest BCUT2D eigenvalue weighted by Crippen LogP contribution is 2.18. The summed E-state index contributed by atoms with van der Waals surface area (Å²) in [6, 6.07) is 3.41. The van der Waals surface area contributed by atoms with Crippen LogP contribution in [0.1, 0.15) is 30.1 Å². The standard InChI is InChI=1S/C16H24N4O2/c1-12(9-17)10-19-15(21)14-3-2-8-20(11-14)16(22)13-4-6-18-7-5-13/h4-7,12,14H,2-3,8-11,17H2,1H3,(H,19,21). The molecule has 2 heterocycles. The smallest absolute Gasteiger partial charge is 0.253 e. The molecule has 1 aliphatic rings. The van der Waals surface area contributed by atoms with E-state index in [9.17, 15) is 9.59 Å². The van der Waals surface area contributed by atoms with Crippen molar-refractivity contribution in [2.45, 2.75) is 19.8 Å². The first kappa shape index (κ1) is 16.4. The molecule has 0 bridgehead atoms. The van der Waals surface area contributed by atoms with Gasteiger partial charge in [0.25, 0.3) is 5.91 Å². The quantitative estimate of drug-likeness (QED) is 0.836. The normalized spacial score (nSPS) is 19.5. The zero-order valence-electron chi connectivity index (χ0n) is 13.0. The van der Waals surface area contributed by atoms with Gasteiger partial charge in [-0.1, -0.05) is 6.92 Å². The van der Waals surface area contributed by atoms with Gasteiger partial charge in [0, 0.05) is 37.6 Å². The van der Waals surface area contributed by atoms with Gasteiger partial charge in [-0.3, -0.25) is 14.6 Å². The van der Waals surface area contributed by atoms with Gasteiger partial charge in [-0.05, 0) is 37.4 Å². The fourth-order valence-corrected chi connectivity index (χ4v) is 2.56. The van der Waals surface area contributed by atoms with Gasteiger partial charge in [0.2, 0.25) is 5.91 Å². The van der Waals surface area contributed by atoms with Crippen molar-refractivity contribution >= 4 is 11.8 Å². The number of aromatic nitrogens is 1. The molecule has 2 atom stereocenters. The van der Waals surface area contributed by atoms with E-state index in [4.69, 9.17) is 5.73 Å². The third-order valence-corrected chi connectivity index (χ3v) is 4.03. The Morgan fingerprint density at radius 2 is 2.18 bits per heavy atom. The molecule has 3 N–H and O–H groups in total. The number of likely N-dealkylation sites (tertiary alicyclic amines) is 1. The number of rotatable bonds is 5. The summed E-state index contributed by atoms with van der Waals surface area (Å²) in [6.07, 6.45) is 4.88. The molecular weight excluding hydrogens is 280 g/mol. The lowest BCUT2D eigenvalue weighted by molar-refractivity contribution is -0.126. The van der Waals surface area contributed by atoms with Crippen molar-refractivity contribution in [3.8, 4) is 0 Å². The molecule has 1 aliphatic heterocycles. The third kappa shape index (κ3) is 4.27. The minimum absolute atomic E-state index is 0.0209. The summed E-state index contributed by atoms with van der Waals surface area (Å²) in [5, 5.41) is 2.94.